The normalized spacial score (nSPS) is 10.7. The molecule has 0 unspecified atom stereocenters. The van der Waals surface area contributed by atoms with Gasteiger partial charge in [0.15, 0.2) is 0 Å². The fourth-order valence-corrected chi connectivity index (χ4v) is 1.13. The van der Waals surface area contributed by atoms with Crippen molar-refractivity contribution in [3.63, 3.8) is 0 Å². The van der Waals surface area contributed by atoms with E-state index in [9.17, 15) is 4.79 Å². The Labute approximate surface area is 96.6 Å². The molecule has 3 heteroatoms. The monoisotopic (exact) mass is 218 g/mol. The molecule has 86 valence electrons. The topological polar surface area (TPSA) is 41.1 Å². The van der Waals surface area contributed by atoms with Gasteiger partial charge < -0.3 is 10.6 Å². The number of rotatable bonds is 4. The van der Waals surface area contributed by atoms with Gasteiger partial charge in [-0.05, 0) is 17.6 Å². The Balaban J connectivity index is 2.29. The van der Waals surface area contributed by atoms with Crippen LogP contribution < -0.4 is 10.6 Å². The van der Waals surface area contributed by atoms with Crippen molar-refractivity contribution in [3.05, 3.63) is 42.1 Å². The highest BCUT2D eigenvalue weighted by molar-refractivity contribution is 5.75. The van der Waals surface area contributed by atoms with Crippen molar-refractivity contribution in [2.75, 3.05) is 6.54 Å². The Morgan fingerprint density at radius 2 is 2.00 bits per heavy atom. The van der Waals surface area contributed by atoms with Crippen molar-refractivity contribution in [2.24, 2.45) is 5.92 Å². The van der Waals surface area contributed by atoms with Gasteiger partial charge in [-0.2, -0.15) is 0 Å². The molecule has 0 saturated heterocycles. The molecule has 0 aliphatic heterocycles. The van der Waals surface area contributed by atoms with E-state index in [1.165, 1.54) is 0 Å². The van der Waals surface area contributed by atoms with Crippen molar-refractivity contribution >= 4 is 12.1 Å². The van der Waals surface area contributed by atoms with E-state index in [0.717, 1.165) is 5.56 Å². The number of carbonyl (C=O) groups is 1. The smallest absolute Gasteiger partial charge is 0.318 e. The summed E-state index contributed by atoms with van der Waals surface area (Å²) in [4.78, 5) is 11.3. The molecule has 0 aliphatic carbocycles. The highest BCUT2D eigenvalue weighted by Gasteiger charge is 1.97. The molecule has 0 saturated carbocycles. The largest absolute Gasteiger partial charge is 0.338 e. The first-order valence-corrected chi connectivity index (χ1v) is 5.44. The van der Waals surface area contributed by atoms with E-state index in [2.05, 4.69) is 24.5 Å². The van der Waals surface area contributed by atoms with Crippen molar-refractivity contribution in [1.82, 2.24) is 10.6 Å². The minimum absolute atomic E-state index is 0.166. The number of amides is 2. The van der Waals surface area contributed by atoms with Crippen LogP contribution in [0.1, 0.15) is 19.4 Å². The molecule has 0 aliphatic rings. The minimum atomic E-state index is -0.166. The predicted molar refractivity (Wildman–Crippen MR) is 66.8 cm³/mol. The summed E-state index contributed by atoms with van der Waals surface area (Å²) < 4.78 is 0. The van der Waals surface area contributed by atoms with Crippen LogP contribution in [-0.2, 0) is 0 Å². The fraction of sp³-hybridized carbons (Fsp3) is 0.308. The molecule has 2 amide bonds. The van der Waals surface area contributed by atoms with Gasteiger partial charge in [-0.25, -0.2) is 4.79 Å². The molecule has 0 heterocycles. The van der Waals surface area contributed by atoms with Gasteiger partial charge >= 0.3 is 6.03 Å². The van der Waals surface area contributed by atoms with Crippen molar-refractivity contribution in [1.29, 1.82) is 0 Å². The maximum atomic E-state index is 11.3. The van der Waals surface area contributed by atoms with Crippen LogP contribution in [0.25, 0.3) is 6.08 Å². The second kappa shape index (κ2) is 6.67. The minimum Gasteiger partial charge on any atom is -0.338 e. The van der Waals surface area contributed by atoms with E-state index < -0.39 is 0 Å². The first-order chi connectivity index (χ1) is 7.68. The van der Waals surface area contributed by atoms with Crippen molar-refractivity contribution in [2.45, 2.75) is 13.8 Å². The van der Waals surface area contributed by atoms with Crippen molar-refractivity contribution < 1.29 is 4.79 Å². The molecule has 1 aromatic carbocycles. The first kappa shape index (κ1) is 12.3. The molecule has 0 bridgehead atoms. The molecule has 2 N–H and O–H groups in total. The molecule has 16 heavy (non-hydrogen) atoms. The third-order valence-corrected chi connectivity index (χ3v) is 1.96. The van der Waals surface area contributed by atoms with Crippen molar-refractivity contribution in [3.8, 4) is 0 Å². The third kappa shape index (κ3) is 5.20. The van der Waals surface area contributed by atoms with Gasteiger partial charge in [0.05, 0.1) is 0 Å². The predicted octanol–water partition coefficient (Wildman–Crippen LogP) is 2.61. The highest BCUT2D eigenvalue weighted by Crippen LogP contribution is 1.99. The summed E-state index contributed by atoms with van der Waals surface area (Å²) in [5.74, 6) is 0.462. The quantitative estimate of drug-likeness (QED) is 0.801. The van der Waals surface area contributed by atoms with E-state index in [4.69, 9.17) is 0 Å². The summed E-state index contributed by atoms with van der Waals surface area (Å²) >= 11 is 0. The molecular weight excluding hydrogens is 200 g/mol. The second-order valence-electron chi connectivity index (χ2n) is 3.99. The molecular formula is C13H18N2O. The zero-order valence-corrected chi connectivity index (χ0v) is 9.73. The second-order valence-corrected chi connectivity index (χ2v) is 3.99. The summed E-state index contributed by atoms with van der Waals surface area (Å²) in [6.45, 7) is 4.80. The van der Waals surface area contributed by atoms with E-state index in [-0.39, 0.29) is 6.03 Å². The summed E-state index contributed by atoms with van der Waals surface area (Å²) in [7, 11) is 0. The third-order valence-electron chi connectivity index (χ3n) is 1.96. The molecule has 0 aromatic heterocycles. The van der Waals surface area contributed by atoms with Crippen LogP contribution in [0.5, 0.6) is 0 Å². The molecule has 0 spiro atoms. The lowest BCUT2D eigenvalue weighted by Crippen LogP contribution is -2.34. The maximum absolute atomic E-state index is 11.3. The standard InChI is InChI=1S/C13H18N2O/c1-11(2)10-15-13(16)14-9-8-12-6-4-3-5-7-12/h3-9,11H,10H2,1-2H3,(H2,14,15,16)/b9-8+. The van der Waals surface area contributed by atoms with Gasteiger partial charge in [-0.15, -0.1) is 0 Å². The summed E-state index contributed by atoms with van der Waals surface area (Å²) in [6, 6.07) is 9.66. The lowest BCUT2D eigenvalue weighted by Gasteiger charge is -2.06. The molecule has 1 aromatic rings. The van der Waals surface area contributed by atoms with Gasteiger partial charge in [0.25, 0.3) is 0 Å². The number of benzene rings is 1. The Morgan fingerprint density at radius 3 is 2.62 bits per heavy atom. The van der Waals surface area contributed by atoms with Crippen LogP contribution >= 0.6 is 0 Å². The van der Waals surface area contributed by atoms with Crippen LogP contribution in [-0.4, -0.2) is 12.6 Å². The lowest BCUT2D eigenvalue weighted by atomic mass is 10.2. The SMILES string of the molecule is CC(C)CNC(=O)N/C=C/c1ccccc1. The van der Waals surface area contributed by atoms with E-state index in [0.29, 0.717) is 12.5 Å². The molecule has 0 atom stereocenters. The lowest BCUT2D eigenvalue weighted by molar-refractivity contribution is 0.243. The van der Waals surface area contributed by atoms with Gasteiger partial charge in [-0.3, -0.25) is 0 Å². The number of hydrogen-bond donors (Lipinski definition) is 2. The number of urea groups is 1. The van der Waals surface area contributed by atoms with Crippen LogP contribution in [0, 0.1) is 5.92 Å². The Hall–Kier alpha value is -1.77. The average Bonchev–Trinajstić information content (AvgIpc) is 2.28. The highest BCUT2D eigenvalue weighted by atomic mass is 16.2. The van der Waals surface area contributed by atoms with E-state index in [1.807, 2.05) is 36.4 Å². The summed E-state index contributed by atoms with van der Waals surface area (Å²) in [5, 5.41) is 5.42. The summed E-state index contributed by atoms with van der Waals surface area (Å²) in [6.07, 6.45) is 3.50. The Bertz CT molecular complexity index is 344. The number of carbonyl (C=O) groups excluding carboxylic acids is 1. The van der Waals surface area contributed by atoms with Crippen LogP contribution in [0.3, 0.4) is 0 Å². The summed E-state index contributed by atoms with van der Waals surface area (Å²) in [5.41, 5.74) is 1.06. The number of hydrogen-bond acceptors (Lipinski definition) is 1. The van der Waals surface area contributed by atoms with Gasteiger partial charge in [-0.1, -0.05) is 44.2 Å². The molecule has 1 rings (SSSR count). The molecule has 0 fully saturated rings. The van der Waals surface area contributed by atoms with Crippen LogP contribution in [0.2, 0.25) is 0 Å². The average molecular weight is 218 g/mol. The Morgan fingerprint density at radius 1 is 1.31 bits per heavy atom. The molecule has 0 radical (unpaired) electrons. The zero-order valence-electron chi connectivity index (χ0n) is 9.73. The zero-order chi connectivity index (χ0) is 11.8. The van der Waals surface area contributed by atoms with Crippen LogP contribution in [0.4, 0.5) is 4.79 Å². The van der Waals surface area contributed by atoms with Gasteiger partial charge in [0.1, 0.15) is 0 Å². The first-order valence-electron chi connectivity index (χ1n) is 5.44. The molecule has 3 nitrogen and oxygen atoms in total. The van der Waals surface area contributed by atoms with Gasteiger partial charge in [0.2, 0.25) is 0 Å². The number of nitrogens with one attached hydrogen (secondary N) is 2. The van der Waals surface area contributed by atoms with E-state index >= 15 is 0 Å². The maximum Gasteiger partial charge on any atom is 0.318 e. The van der Waals surface area contributed by atoms with Crippen LogP contribution in [0.15, 0.2) is 36.5 Å². The fourth-order valence-electron chi connectivity index (χ4n) is 1.13. The van der Waals surface area contributed by atoms with E-state index in [1.54, 1.807) is 6.20 Å². The van der Waals surface area contributed by atoms with Gasteiger partial charge in [0, 0.05) is 12.7 Å². The Kier molecular flexibility index (Phi) is 5.12.